The van der Waals surface area contributed by atoms with Crippen LogP contribution in [0.4, 0.5) is 0 Å². The van der Waals surface area contributed by atoms with Gasteiger partial charge in [0.05, 0.1) is 15.5 Å². The van der Waals surface area contributed by atoms with Crippen LogP contribution in [-0.2, 0) is 10.2 Å². The molecule has 0 amide bonds. The minimum Gasteiger partial charge on any atom is -0.329 e. The molecule has 16 heavy (non-hydrogen) atoms. The lowest BCUT2D eigenvalue weighted by Crippen LogP contribution is -2.38. The number of carbonyl (C=O) groups excluding carboxylic acids is 1. The van der Waals surface area contributed by atoms with E-state index in [2.05, 4.69) is 0 Å². The van der Waals surface area contributed by atoms with Gasteiger partial charge in [-0.05, 0) is 31.5 Å². The van der Waals surface area contributed by atoms with Gasteiger partial charge < -0.3 is 5.73 Å². The summed E-state index contributed by atoms with van der Waals surface area (Å²) in [5.41, 5.74) is 5.74. The molecule has 0 aromatic heterocycles. The maximum Gasteiger partial charge on any atom is 0.141 e. The SMILES string of the molecule is Br.CC(=O)C(C)(CN)c1ccc(Cl)c(Cl)c1. The predicted molar refractivity (Wildman–Crippen MR) is 73.9 cm³/mol. The first-order valence-corrected chi connectivity index (χ1v) is 5.34. The van der Waals surface area contributed by atoms with E-state index in [4.69, 9.17) is 28.9 Å². The summed E-state index contributed by atoms with van der Waals surface area (Å²) in [4.78, 5) is 11.5. The van der Waals surface area contributed by atoms with Crippen molar-refractivity contribution in [2.75, 3.05) is 6.54 Å². The van der Waals surface area contributed by atoms with E-state index in [1.807, 2.05) is 0 Å². The standard InChI is InChI=1S/C11H13Cl2NO.BrH/c1-7(15)11(2,6-14)8-3-4-9(12)10(13)5-8;/h3-5H,6,14H2,1-2H3;1H. The van der Waals surface area contributed by atoms with Crippen molar-refractivity contribution in [3.05, 3.63) is 33.8 Å². The molecule has 0 saturated carbocycles. The molecule has 0 spiro atoms. The summed E-state index contributed by atoms with van der Waals surface area (Å²) in [7, 11) is 0. The van der Waals surface area contributed by atoms with Crippen LogP contribution in [0, 0.1) is 0 Å². The number of Topliss-reactive ketones (excluding diaryl/α,β-unsaturated/α-hetero) is 1. The Hall–Kier alpha value is -0.0900. The van der Waals surface area contributed by atoms with Crippen molar-refractivity contribution >= 4 is 46.0 Å². The van der Waals surface area contributed by atoms with E-state index in [-0.39, 0.29) is 29.3 Å². The molecule has 0 radical (unpaired) electrons. The molecule has 5 heteroatoms. The van der Waals surface area contributed by atoms with Crippen LogP contribution in [0.3, 0.4) is 0 Å². The lowest BCUT2D eigenvalue weighted by molar-refractivity contribution is -0.121. The molecule has 0 bridgehead atoms. The van der Waals surface area contributed by atoms with E-state index in [9.17, 15) is 4.79 Å². The fourth-order valence-electron chi connectivity index (χ4n) is 1.30. The number of rotatable bonds is 3. The summed E-state index contributed by atoms with van der Waals surface area (Å²) in [6, 6.07) is 5.15. The minimum atomic E-state index is -0.686. The van der Waals surface area contributed by atoms with Crippen LogP contribution in [0.2, 0.25) is 10.0 Å². The summed E-state index contributed by atoms with van der Waals surface area (Å²) in [6.07, 6.45) is 0. The maximum atomic E-state index is 11.5. The van der Waals surface area contributed by atoms with Gasteiger partial charge in [0.25, 0.3) is 0 Å². The Balaban J connectivity index is 0.00000225. The van der Waals surface area contributed by atoms with E-state index in [0.29, 0.717) is 10.0 Å². The zero-order valence-electron chi connectivity index (χ0n) is 9.09. The van der Waals surface area contributed by atoms with Crippen LogP contribution >= 0.6 is 40.2 Å². The molecule has 0 saturated heterocycles. The molecule has 0 heterocycles. The molecule has 1 unspecified atom stereocenters. The molecular weight excluding hydrogens is 313 g/mol. The zero-order valence-corrected chi connectivity index (χ0v) is 12.3. The van der Waals surface area contributed by atoms with Gasteiger partial charge in [-0.1, -0.05) is 29.3 Å². The predicted octanol–water partition coefficient (Wildman–Crippen LogP) is 3.38. The van der Waals surface area contributed by atoms with Crippen molar-refractivity contribution < 1.29 is 4.79 Å². The fourth-order valence-corrected chi connectivity index (χ4v) is 1.60. The summed E-state index contributed by atoms with van der Waals surface area (Å²) in [5.74, 6) is 0.0170. The second-order valence-electron chi connectivity index (χ2n) is 3.72. The van der Waals surface area contributed by atoms with Gasteiger partial charge in [-0.15, -0.1) is 17.0 Å². The van der Waals surface area contributed by atoms with Crippen molar-refractivity contribution in [3.8, 4) is 0 Å². The van der Waals surface area contributed by atoms with Crippen molar-refractivity contribution in [1.82, 2.24) is 0 Å². The molecule has 1 rings (SSSR count). The smallest absolute Gasteiger partial charge is 0.141 e. The summed E-state index contributed by atoms with van der Waals surface area (Å²) in [6.45, 7) is 3.57. The first kappa shape index (κ1) is 15.9. The third-order valence-electron chi connectivity index (χ3n) is 2.74. The Morgan fingerprint density at radius 2 is 1.94 bits per heavy atom. The number of carbonyl (C=O) groups is 1. The Morgan fingerprint density at radius 3 is 2.31 bits per heavy atom. The summed E-state index contributed by atoms with van der Waals surface area (Å²) < 4.78 is 0. The van der Waals surface area contributed by atoms with E-state index in [1.54, 1.807) is 25.1 Å². The minimum absolute atomic E-state index is 0. The molecule has 1 aromatic carbocycles. The van der Waals surface area contributed by atoms with Gasteiger partial charge in [0.1, 0.15) is 5.78 Å². The number of nitrogens with two attached hydrogens (primary N) is 1. The Bertz CT molecular complexity index is 398. The lowest BCUT2D eigenvalue weighted by atomic mass is 9.79. The van der Waals surface area contributed by atoms with Gasteiger partial charge in [0.2, 0.25) is 0 Å². The van der Waals surface area contributed by atoms with Gasteiger partial charge in [-0.25, -0.2) is 0 Å². The highest BCUT2D eigenvalue weighted by atomic mass is 79.9. The second-order valence-corrected chi connectivity index (χ2v) is 4.54. The molecule has 2 nitrogen and oxygen atoms in total. The lowest BCUT2D eigenvalue weighted by Gasteiger charge is -2.25. The third kappa shape index (κ3) is 2.98. The number of ketones is 1. The van der Waals surface area contributed by atoms with E-state index < -0.39 is 5.41 Å². The van der Waals surface area contributed by atoms with Crippen LogP contribution in [0.15, 0.2) is 18.2 Å². The summed E-state index contributed by atoms with van der Waals surface area (Å²) >= 11 is 11.7. The molecule has 90 valence electrons. The van der Waals surface area contributed by atoms with Crippen LogP contribution in [0.5, 0.6) is 0 Å². The number of halogens is 3. The van der Waals surface area contributed by atoms with Crippen molar-refractivity contribution in [1.29, 1.82) is 0 Å². The normalized spacial score (nSPS) is 13.8. The van der Waals surface area contributed by atoms with Crippen molar-refractivity contribution in [2.24, 2.45) is 5.73 Å². The quantitative estimate of drug-likeness (QED) is 0.925. The first-order chi connectivity index (χ1) is 6.91. The molecule has 0 aliphatic carbocycles. The molecule has 0 aliphatic rings. The monoisotopic (exact) mass is 325 g/mol. The average molecular weight is 327 g/mol. The van der Waals surface area contributed by atoms with Gasteiger partial charge in [0.15, 0.2) is 0 Å². The molecule has 2 N–H and O–H groups in total. The summed E-state index contributed by atoms with van der Waals surface area (Å²) in [5, 5.41) is 0.915. The second kappa shape index (κ2) is 6.01. The number of hydrogen-bond acceptors (Lipinski definition) is 2. The van der Waals surface area contributed by atoms with Crippen LogP contribution < -0.4 is 5.73 Å². The highest BCUT2D eigenvalue weighted by molar-refractivity contribution is 8.93. The van der Waals surface area contributed by atoms with Crippen LogP contribution in [-0.4, -0.2) is 12.3 Å². The maximum absolute atomic E-state index is 11.5. The van der Waals surface area contributed by atoms with Crippen molar-refractivity contribution in [3.63, 3.8) is 0 Å². The van der Waals surface area contributed by atoms with E-state index in [0.717, 1.165) is 5.56 Å². The van der Waals surface area contributed by atoms with Crippen LogP contribution in [0.1, 0.15) is 19.4 Å². The molecule has 0 fully saturated rings. The molecule has 1 atom stereocenters. The largest absolute Gasteiger partial charge is 0.329 e. The number of hydrogen-bond donors (Lipinski definition) is 1. The zero-order chi connectivity index (χ0) is 11.6. The van der Waals surface area contributed by atoms with Gasteiger partial charge in [-0.3, -0.25) is 4.79 Å². The van der Waals surface area contributed by atoms with Gasteiger partial charge in [-0.2, -0.15) is 0 Å². The molecular formula is C11H14BrCl2NO. The fraction of sp³-hybridized carbons (Fsp3) is 0.364. The van der Waals surface area contributed by atoms with Gasteiger partial charge >= 0.3 is 0 Å². The topological polar surface area (TPSA) is 43.1 Å². The Morgan fingerprint density at radius 1 is 1.38 bits per heavy atom. The first-order valence-electron chi connectivity index (χ1n) is 4.58. The third-order valence-corrected chi connectivity index (χ3v) is 3.48. The number of benzene rings is 1. The average Bonchev–Trinajstić information content (AvgIpc) is 2.20. The Labute approximate surface area is 116 Å². The van der Waals surface area contributed by atoms with Gasteiger partial charge in [0, 0.05) is 6.54 Å². The highest BCUT2D eigenvalue weighted by Crippen LogP contribution is 2.30. The van der Waals surface area contributed by atoms with Crippen molar-refractivity contribution in [2.45, 2.75) is 19.3 Å². The molecule has 1 aromatic rings. The molecule has 0 aliphatic heterocycles. The highest BCUT2D eigenvalue weighted by Gasteiger charge is 2.30. The Kier molecular flexibility index (Phi) is 5.98. The van der Waals surface area contributed by atoms with E-state index in [1.165, 1.54) is 6.92 Å². The van der Waals surface area contributed by atoms with E-state index >= 15 is 0 Å². The van der Waals surface area contributed by atoms with Crippen LogP contribution in [0.25, 0.3) is 0 Å².